The number of hydrogen-bond donors (Lipinski definition) is 0. The zero-order valence-electron chi connectivity index (χ0n) is 9.97. The lowest BCUT2D eigenvalue weighted by molar-refractivity contribution is 0.112. The maximum atomic E-state index is 10.8. The van der Waals surface area contributed by atoms with Gasteiger partial charge in [-0.3, -0.25) is 4.79 Å². The number of nitrogens with zero attached hydrogens (tertiary/aromatic N) is 2. The molecule has 2 aromatic rings. The monoisotopic (exact) mass is 308 g/mol. The molecule has 0 saturated heterocycles. The Bertz CT molecular complexity index is 552. The van der Waals surface area contributed by atoms with Crippen LogP contribution in [-0.2, 0) is 6.54 Å². The molecule has 2 rings (SSSR count). The van der Waals surface area contributed by atoms with E-state index < -0.39 is 0 Å². The Morgan fingerprint density at radius 1 is 1.50 bits per heavy atom. The van der Waals surface area contributed by atoms with Gasteiger partial charge in [-0.2, -0.15) is 0 Å². The zero-order valence-corrected chi connectivity index (χ0v) is 11.6. The SMILES string of the molecule is Cc1nccn1CCOc1ccc(Br)c(C=O)c1. The van der Waals surface area contributed by atoms with E-state index in [4.69, 9.17) is 4.74 Å². The number of ether oxygens (including phenoxy) is 1. The van der Waals surface area contributed by atoms with Crippen LogP contribution in [0.1, 0.15) is 16.2 Å². The maximum Gasteiger partial charge on any atom is 0.151 e. The highest BCUT2D eigenvalue weighted by molar-refractivity contribution is 9.10. The molecule has 0 aliphatic rings. The molecule has 0 bridgehead atoms. The first-order chi connectivity index (χ1) is 8.70. The molecule has 1 aromatic carbocycles. The summed E-state index contributed by atoms with van der Waals surface area (Å²) in [6, 6.07) is 5.36. The maximum absolute atomic E-state index is 10.8. The van der Waals surface area contributed by atoms with Crippen molar-refractivity contribution >= 4 is 22.2 Å². The normalized spacial score (nSPS) is 10.3. The summed E-state index contributed by atoms with van der Waals surface area (Å²) < 4.78 is 8.39. The Morgan fingerprint density at radius 2 is 2.33 bits per heavy atom. The number of aldehydes is 1. The van der Waals surface area contributed by atoms with Gasteiger partial charge in [-0.25, -0.2) is 4.98 Å². The standard InChI is InChI=1S/C13H13BrN2O2/c1-10-15-4-5-16(10)6-7-18-12-2-3-13(14)11(8-12)9-17/h2-5,8-9H,6-7H2,1H3. The molecule has 1 aromatic heterocycles. The number of carbonyl (C=O) groups excluding carboxylic acids is 1. The average molecular weight is 309 g/mol. The number of carbonyl (C=O) groups is 1. The Balaban J connectivity index is 1.94. The van der Waals surface area contributed by atoms with Crippen LogP contribution in [0, 0.1) is 6.92 Å². The first-order valence-corrected chi connectivity index (χ1v) is 6.35. The largest absolute Gasteiger partial charge is 0.492 e. The fourth-order valence-electron chi connectivity index (χ4n) is 1.60. The molecule has 0 radical (unpaired) electrons. The van der Waals surface area contributed by atoms with Crippen molar-refractivity contribution in [1.82, 2.24) is 9.55 Å². The summed E-state index contributed by atoms with van der Waals surface area (Å²) >= 11 is 3.30. The van der Waals surface area contributed by atoms with Gasteiger partial charge in [0.05, 0.1) is 6.54 Å². The van der Waals surface area contributed by atoms with Crippen LogP contribution in [0.4, 0.5) is 0 Å². The Labute approximate surface area is 114 Å². The molecular formula is C13H13BrN2O2. The van der Waals surface area contributed by atoms with E-state index in [-0.39, 0.29) is 0 Å². The number of aromatic nitrogens is 2. The Morgan fingerprint density at radius 3 is 3.00 bits per heavy atom. The van der Waals surface area contributed by atoms with Crippen LogP contribution in [0.15, 0.2) is 35.1 Å². The van der Waals surface area contributed by atoms with Crippen LogP contribution in [0.25, 0.3) is 0 Å². The molecule has 1 heterocycles. The van der Waals surface area contributed by atoms with E-state index in [9.17, 15) is 4.79 Å². The van der Waals surface area contributed by atoms with Gasteiger partial charge >= 0.3 is 0 Å². The van der Waals surface area contributed by atoms with Gasteiger partial charge in [-0.15, -0.1) is 0 Å². The molecule has 0 saturated carbocycles. The van der Waals surface area contributed by atoms with Crippen LogP contribution in [0.2, 0.25) is 0 Å². The van der Waals surface area contributed by atoms with Crippen LogP contribution in [0.3, 0.4) is 0 Å². The molecular weight excluding hydrogens is 296 g/mol. The minimum atomic E-state index is 0.539. The number of imidazole rings is 1. The van der Waals surface area contributed by atoms with Crippen molar-refractivity contribution in [3.05, 3.63) is 46.5 Å². The van der Waals surface area contributed by atoms with Crippen molar-refractivity contribution in [3.63, 3.8) is 0 Å². The predicted molar refractivity (Wildman–Crippen MR) is 72.0 cm³/mol. The fraction of sp³-hybridized carbons (Fsp3) is 0.231. The summed E-state index contributed by atoms with van der Waals surface area (Å²) in [6.07, 6.45) is 4.48. The summed E-state index contributed by atoms with van der Waals surface area (Å²) in [7, 11) is 0. The van der Waals surface area contributed by atoms with Crippen molar-refractivity contribution < 1.29 is 9.53 Å². The molecule has 0 atom stereocenters. The molecule has 0 amide bonds. The minimum Gasteiger partial charge on any atom is -0.492 e. The first kappa shape index (κ1) is 12.8. The summed E-state index contributed by atoms with van der Waals surface area (Å²) in [6.45, 7) is 3.22. The van der Waals surface area contributed by atoms with E-state index in [1.165, 1.54) is 0 Å². The van der Waals surface area contributed by atoms with Crippen LogP contribution in [-0.4, -0.2) is 22.4 Å². The van der Waals surface area contributed by atoms with Crippen LogP contribution >= 0.6 is 15.9 Å². The molecule has 94 valence electrons. The van der Waals surface area contributed by atoms with Crippen molar-refractivity contribution in [2.24, 2.45) is 0 Å². The van der Waals surface area contributed by atoms with Gasteiger partial charge in [0.2, 0.25) is 0 Å². The molecule has 0 aliphatic heterocycles. The molecule has 5 heteroatoms. The minimum absolute atomic E-state index is 0.539. The van der Waals surface area contributed by atoms with E-state index in [2.05, 4.69) is 20.9 Å². The van der Waals surface area contributed by atoms with Crippen molar-refractivity contribution in [2.75, 3.05) is 6.61 Å². The summed E-state index contributed by atoms with van der Waals surface area (Å²) in [5.41, 5.74) is 0.589. The Hall–Kier alpha value is -1.62. The molecule has 0 aliphatic carbocycles. The van der Waals surface area contributed by atoms with E-state index in [1.807, 2.05) is 29.8 Å². The van der Waals surface area contributed by atoms with Gasteiger partial charge in [-0.05, 0) is 25.1 Å². The molecule has 0 fully saturated rings. The molecule has 0 N–H and O–H groups in total. The van der Waals surface area contributed by atoms with Gasteiger partial charge in [0.25, 0.3) is 0 Å². The number of rotatable bonds is 5. The highest BCUT2D eigenvalue weighted by atomic mass is 79.9. The van der Waals surface area contributed by atoms with Gasteiger partial charge in [-0.1, -0.05) is 15.9 Å². The molecule has 18 heavy (non-hydrogen) atoms. The topological polar surface area (TPSA) is 44.1 Å². The average Bonchev–Trinajstić information content (AvgIpc) is 2.77. The van der Waals surface area contributed by atoms with Crippen molar-refractivity contribution in [2.45, 2.75) is 13.5 Å². The third-order valence-corrected chi connectivity index (χ3v) is 3.34. The summed E-state index contributed by atoms with van der Waals surface area (Å²) in [5.74, 6) is 1.65. The van der Waals surface area contributed by atoms with Gasteiger partial charge in [0.1, 0.15) is 18.2 Å². The van der Waals surface area contributed by atoms with Gasteiger partial charge < -0.3 is 9.30 Å². The molecule has 4 nitrogen and oxygen atoms in total. The second-order valence-corrected chi connectivity index (χ2v) is 4.67. The zero-order chi connectivity index (χ0) is 13.0. The fourth-order valence-corrected chi connectivity index (χ4v) is 1.94. The summed E-state index contributed by atoms with van der Waals surface area (Å²) in [5, 5.41) is 0. The third kappa shape index (κ3) is 2.98. The third-order valence-electron chi connectivity index (χ3n) is 2.62. The highest BCUT2D eigenvalue weighted by Gasteiger charge is 2.02. The van der Waals surface area contributed by atoms with Gasteiger partial charge in [0, 0.05) is 22.4 Å². The van der Waals surface area contributed by atoms with Gasteiger partial charge in [0.15, 0.2) is 6.29 Å². The first-order valence-electron chi connectivity index (χ1n) is 5.56. The quantitative estimate of drug-likeness (QED) is 0.798. The van der Waals surface area contributed by atoms with E-state index >= 15 is 0 Å². The van der Waals surface area contributed by atoms with E-state index in [0.717, 1.165) is 23.1 Å². The highest BCUT2D eigenvalue weighted by Crippen LogP contribution is 2.21. The smallest absolute Gasteiger partial charge is 0.151 e. The summed E-state index contributed by atoms with van der Waals surface area (Å²) in [4.78, 5) is 14.9. The number of halogens is 1. The molecule has 0 unspecified atom stereocenters. The predicted octanol–water partition coefficient (Wildman–Crippen LogP) is 2.85. The number of hydrogen-bond acceptors (Lipinski definition) is 3. The second-order valence-electron chi connectivity index (χ2n) is 3.82. The van der Waals surface area contributed by atoms with E-state index in [1.54, 1.807) is 12.3 Å². The van der Waals surface area contributed by atoms with Crippen molar-refractivity contribution in [3.8, 4) is 5.75 Å². The van der Waals surface area contributed by atoms with E-state index in [0.29, 0.717) is 17.9 Å². The Kier molecular flexibility index (Phi) is 4.15. The number of aryl methyl sites for hydroxylation is 1. The lowest BCUT2D eigenvalue weighted by Crippen LogP contribution is -2.08. The van der Waals surface area contributed by atoms with Crippen LogP contribution < -0.4 is 4.74 Å². The van der Waals surface area contributed by atoms with Crippen LogP contribution in [0.5, 0.6) is 5.75 Å². The lowest BCUT2D eigenvalue weighted by Gasteiger charge is -2.09. The lowest BCUT2D eigenvalue weighted by atomic mass is 10.2. The second kappa shape index (κ2) is 5.82. The molecule has 0 spiro atoms. The van der Waals surface area contributed by atoms with Crippen molar-refractivity contribution in [1.29, 1.82) is 0 Å². The number of benzene rings is 1.